The molecule has 0 bridgehead atoms. The van der Waals surface area contributed by atoms with Gasteiger partial charge in [-0.1, -0.05) is 13.3 Å². The Kier molecular flexibility index (Phi) is 3.13. The first-order valence-corrected chi connectivity index (χ1v) is 6.21. The number of hydrogen-bond acceptors (Lipinski definition) is 2. The lowest BCUT2D eigenvalue weighted by Crippen LogP contribution is -2.43. The predicted molar refractivity (Wildman–Crippen MR) is 60.4 cm³/mol. The van der Waals surface area contributed by atoms with E-state index < -0.39 is 0 Å². The van der Waals surface area contributed by atoms with Crippen LogP contribution >= 0.6 is 0 Å². The average Bonchev–Trinajstić information content (AvgIpc) is 2.56. The molecule has 2 heteroatoms. The molecule has 0 amide bonds. The smallest absolute Gasteiger partial charge is 0.00362 e. The summed E-state index contributed by atoms with van der Waals surface area (Å²) in [6, 6.07) is 0.688. The minimum Gasteiger partial charge on any atom is -0.316 e. The van der Waals surface area contributed by atoms with Gasteiger partial charge in [0.05, 0.1) is 0 Å². The Bertz CT molecular complexity index is 187. The molecule has 0 aromatic carbocycles. The molecular formula is C12H24N2. The molecule has 1 saturated carbocycles. The number of nitrogens with one attached hydrogen (secondary N) is 2. The van der Waals surface area contributed by atoms with E-state index in [1.165, 1.54) is 45.3 Å². The van der Waals surface area contributed by atoms with E-state index in [-0.39, 0.29) is 0 Å². The van der Waals surface area contributed by atoms with E-state index >= 15 is 0 Å². The Morgan fingerprint density at radius 1 is 1.50 bits per heavy atom. The normalized spacial score (nSPS) is 31.7. The lowest BCUT2D eigenvalue weighted by atomic mass is 9.63. The molecular weight excluding hydrogens is 172 g/mol. The van der Waals surface area contributed by atoms with Crippen molar-refractivity contribution in [3.8, 4) is 0 Å². The van der Waals surface area contributed by atoms with Crippen LogP contribution in [-0.2, 0) is 0 Å². The summed E-state index contributed by atoms with van der Waals surface area (Å²) in [5, 5.41) is 7.22. The van der Waals surface area contributed by atoms with E-state index in [0.29, 0.717) is 11.5 Å². The second kappa shape index (κ2) is 4.19. The van der Waals surface area contributed by atoms with Crippen LogP contribution < -0.4 is 10.6 Å². The summed E-state index contributed by atoms with van der Waals surface area (Å²) >= 11 is 0. The maximum atomic E-state index is 3.66. The molecule has 2 aliphatic rings. The summed E-state index contributed by atoms with van der Waals surface area (Å²) in [6.45, 7) is 8.28. The highest BCUT2D eigenvalue weighted by atomic mass is 15.0. The van der Waals surface area contributed by atoms with Gasteiger partial charge >= 0.3 is 0 Å². The highest BCUT2D eigenvalue weighted by molar-refractivity contribution is 5.00. The van der Waals surface area contributed by atoms with Gasteiger partial charge in [-0.05, 0) is 50.6 Å². The van der Waals surface area contributed by atoms with Gasteiger partial charge in [0.2, 0.25) is 0 Å². The average molecular weight is 196 g/mol. The third-order valence-corrected chi connectivity index (χ3v) is 4.41. The molecule has 1 spiro atoms. The van der Waals surface area contributed by atoms with Gasteiger partial charge in [0.1, 0.15) is 0 Å². The zero-order valence-electron chi connectivity index (χ0n) is 9.60. The van der Waals surface area contributed by atoms with Crippen LogP contribution in [0.15, 0.2) is 0 Å². The fourth-order valence-corrected chi connectivity index (χ4v) is 2.85. The number of rotatable bonds is 4. The standard InChI is InChI=1S/C12H24N2/c1-3-10(2)14-8-11-7-13-9-12(11)5-4-6-12/h10-11,13-14H,3-9H2,1-2H3. The molecule has 2 rings (SSSR count). The second-order valence-electron chi connectivity index (χ2n) is 5.26. The molecule has 0 aromatic heterocycles. The molecule has 2 nitrogen and oxygen atoms in total. The third kappa shape index (κ3) is 1.82. The quantitative estimate of drug-likeness (QED) is 0.716. The Morgan fingerprint density at radius 2 is 2.29 bits per heavy atom. The molecule has 2 fully saturated rings. The second-order valence-corrected chi connectivity index (χ2v) is 5.26. The summed E-state index contributed by atoms with van der Waals surface area (Å²) in [7, 11) is 0. The van der Waals surface area contributed by atoms with Crippen molar-refractivity contribution in [2.75, 3.05) is 19.6 Å². The van der Waals surface area contributed by atoms with Crippen LogP contribution in [0, 0.1) is 11.3 Å². The largest absolute Gasteiger partial charge is 0.316 e. The first-order valence-electron chi connectivity index (χ1n) is 6.21. The summed E-state index contributed by atoms with van der Waals surface area (Å²) in [5.41, 5.74) is 0.695. The van der Waals surface area contributed by atoms with Crippen LogP contribution in [0.4, 0.5) is 0 Å². The molecule has 2 atom stereocenters. The van der Waals surface area contributed by atoms with E-state index in [0.717, 1.165) is 5.92 Å². The first kappa shape index (κ1) is 10.4. The maximum Gasteiger partial charge on any atom is 0.00362 e. The molecule has 0 aromatic rings. The van der Waals surface area contributed by atoms with E-state index in [1.807, 2.05) is 0 Å². The topological polar surface area (TPSA) is 24.1 Å². The number of hydrogen-bond donors (Lipinski definition) is 2. The molecule has 2 N–H and O–H groups in total. The van der Waals surface area contributed by atoms with Gasteiger partial charge in [0.25, 0.3) is 0 Å². The van der Waals surface area contributed by atoms with E-state index in [9.17, 15) is 0 Å². The Labute approximate surface area is 87.8 Å². The van der Waals surface area contributed by atoms with Crippen molar-refractivity contribution < 1.29 is 0 Å². The van der Waals surface area contributed by atoms with Crippen molar-refractivity contribution in [1.29, 1.82) is 0 Å². The van der Waals surface area contributed by atoms with E-state index in [1.54, 1.807) is 0 Å². The molecule has 1 saturated heterocycles. The van der Waals surface area contributed by atoms with Crippen molar-refractivity contribution >= 4 is 0 Å². The molecule has 1 heterocycles. The van der Waals surface area contributed by atoms with Gasteiger partial charge in [-0.25, -0.2) is 0 Å². The van der Waals surface area contributed by atoms with Gasteiger partial charge < -0.3 is 10.6 Å². The van der Waals surface area contributed by atoms with Crippen molar-refractivity contribution in [2.24, 2.45) is 11.3 Å². The van der Waals surface area contributed by atoms with Crippen molar-refractivity contribution in [1.82, 2.24) is 10.6 Å². The van der Waals surface area contributed by atoms with Gasteiger partial charge in [0.15, 0.2) is 0 Å². The van der Waals surface area contributed by atoms with Crippen LogP contribution in [0.1, 0.15) is 39.5 Å². The summed E-state index contributed by atoms with van der Waals surface area (Å²) in [6.07, 6.45) is 5.63. The van der Waals surface area contributed by atoms with E-state index in [2.05, 4.69) is 24.5 Å². The Hall–Kier alpha value is -0.0800. The van der Waals surface area contributed by atoms with Crippen LogP contribution in [0.3, 0.4) is 0 Å². The Balaban J connectivity index is 1.79. The maximum absolute atomic E-state index is 3.66. The Morgan fingerprint density at radius 3 is 2.86 bits per heavy atom. The summed E-state index contributed by atoms with van der Waals surface area (Å²) in [5.74, 6) is 0.894. The van der Waals surface area contributed by atoms with Crippen LogP contribution in [0.2, 0.25) is 0 Å². The minimum atomic E-state index is 0.688. The van der Waals surface area contributed by atoms with Crippen molar-refractivity contribution in [3.05, 3.63) is 0 Å². The van der Waals surface area contributed by atoms with Gasteiger partial charge in [-0.3, -0.25) is 0 Å². The fourth-order valence-electron chi connectivity index (χ4n) is 2.85. The molecule has 1 aliphatic heterocycles. The highest BCUT2D eigenvalue weighted by Gasteiger charge is 2.46. The van der Waals surface area contributed by atoms with E-state index in [4.69, 9.17) is 0 Å². The predicted octanol–water partition coefficient (Wildman–Crippen LogP) is 1.76. The van der Waals surface area contributed by atoms with Crippen molar-refractivity contribution in [2.45, 2.75) is 45.6 Å². The SMILES string of the molecule is CCC(C)NCC1CNCC12CCC2. The lowest BCUT2D eigenvalue weighted by Gasteiger charge is -2.43. The monoisotopic (exact) mass is 196 g/mol. The molecule has 82 valence electrons. The molecule has 2 unspecified atom stereocenters. The minimum absolute atomic E-state index is 0.688. The summed E-state index contributed by atoms with van der Waals surface area (Å²) in [4.78, 5) is 0. The molecule has 14 heavy (non-hydrogen) atoms. The van der Waals surface area contributed by atoms with Crippen LogP contribution in [0.25, 0.3) is 0 Å². The molecule has 0 radical (unpaired) electrons. The van der Waals surface area contributed by atoms with Crippen LogP contribution in [-0.4, -0.2) is 25.7 Å². The highest BCUT2D eigenvalue weighted by Crippen LogP contribution is 2.48. The zero-order valence-corrected chi connectivity index (χ0v) is 9.60. The molecule has 1 aliphatic carbocycles. The zero-order chi connectivity index (χ0) is 10.0. The summed E-state index contributed by atoms with van der Waals surface area (Å²) < 4.78 is 0. The van der Waals surface area contributed by atoms with Gasteiger partial charge in [-0.15, -0.1) is 0 Å². The first-order chi connectivity index (χ1) is 6.77. The van der Waals surface area contributed by atoms with Gasteiger partial charge in [0, 0.05) is 12.6 Å². The fraction of sp³-hybridized carbons (Fsp3) is 1.00. The third-order valence-electron chi connectivity index (χ3n) is 4.41. The van der Waals surface area contributed by atoms with Crippen molar-refractivity contribution in [3.63, 3.8) is 0 Å². The van der Waals surface area contributed by atoms with Crippen LogP contribution in [0.5, 0.6) is 0 Å². The lowest BCUT2D eigenvalue weighted by molar-refractivity contribution is 0.0955. The van der Waals surface area contributed by atoms with Gasteiger partial charge in [-0.2, -0.15) is 0 Å².